The largest absolute Gasteiger partial charge is 0.360 e. The standard InChI is InChI=1S/C23H17F2N3O2/c24-16-7-6-15(19(25)11-16)10-20-21-17(8-9-26-21)18-12-28(23(29)22(18)27-20)30-13-14-4-2-1-3-5-14/h1-9,11,26H,10,12-13H2. The summed E-state index contributed by atoms with van der Waals surface area (Å²) in [6.07, 6.45) is 1.89. The second kappa shape index (κ2) is 7.35. The van der Waals surface area contributed by atoms with E-state index in [1.165, 1.54) is 17.2 Å². The van der Waals surface area contributed by atoms with Gasteiger partial charge >= 0.3 is 0 Å². The van der Waals surface area contributed by atoms with Gasteiger partial charge in [0.1, 0.15) is 23.9 Å². The third kappa shape index (κ3) is 3.23. The van der Waals surface area contributed by atoms with Crippen LogP contribution >= 0.6 is 0 Å². The van der Waals surface area contributed by atoms with Crippen LogP contribution in [0.1, 0.15) is 32.9 Å². The molecule has 2 aromatic heterocycles. The van der Waals surface area contributed by atoms with Crippen LogP contribution in [0, 0.1) is 11.6 Å². The minimum Gasteiger partial charge on any atom is -0.360 e. The van der Waals surface area contributed by atoms with E-state index < -0.39 is 11.6 Å². The summed E-state index contributed by atoms with van der Waals surface area (Å²) < 4.78 is 27.4. The molecule has 0 fully saturated rings. The lowest BCUT2D eigenvalue weighted by Crippen LogP contribution is -2.24. The van der Waals surface area contributed by atoms with Crippen LogP contribution in [0.5, 0.6) is 0 Å². The zero-order valence-electron chi connectivity index (χ0n) is 15.9. The molecule has 7 heteroatoms. The molecule has 0 unspecified atom stereocenters. The normalized spacial score (nSPS) is 13.3. The van der Waals surface area contributed by atoms with Crippen LogP contribution in [-0.4, -0.2) is 20.9 Å². The number of nitrogens with zero attached hydrogens (tertiary/aromatic N) is 2. The quantitative estimate of drug-likeness (QED) is 0.531. The average Bonchev–Trinajstić information content (AvgIpc) is 3.35. The molecular weight excluding hydrogens is 388 g/mol. The summed E-state index contributed by atoms with van der Waals surface area (Å²) in [6.45, 7) is 0.554. The Bertz CT molecular complexity index is 1250. The summed E-state index contributed by atoms with van der Waals surface area (Å²) in [4.78, 5) is 26.3. The lowest BCUT2D eigenvalue weighted by molar-refractivity contribution is -0.134. The molecule has 150 valence electrons. The number of rotatable bonds is 5. The zero-order chi connectivity index (χ0) is 20.7. The van der Waals surface area contributed by atoms with Gasteiger partial charge in [0.15, 0.2) is 0 Å². The molecule has 1 aliphatic rings. The molecule has 0 atom stereocenters. The van der Waals surface area contributed by atoms with E-state index in [9.17, 15) is 13.6 Å². The van der Waals surface area contributed by atoms with Crippen molar-refractivity contribution in [1.82, 2.24) is 15.0 Å². The second-order valence-corrected chi connectivity index (χ2v) is 7.17. The average molecular weight is 405 g/mol. The number of nitrogens with one attached hydrogen (secondary N) is 1. The number of amides is 1. The molecule has 30 heavy (non-hydrogen) atoms. The van der Waals surface area contributed by atoms with Crippen molar-refractivity contribution in [2.24, 2.45) is 0 Å². The summed E-state index contributed by atoms with van der Waals surface area (Å²) in [5.41, 5.74) is 3.59. The number of hydrogen-bond donors (Lipinski definition) is 1. The van der Waals surface area contributed by atoms with Crippen molar-refractivity contribution in [3.63, 3.8) is 0 Å². The van der Waals surface area contributed by atoms with E-state index in [1.807, 2.05) is 36.4 Å². The summed E-state index contributed by atoms with van der Waals surface area (Å²) >= 11 is 0. The lowest BCUT2D eigenvalue weighted by Gasteiger charge is -2.14. The number of aromatic amines is 1. The molecule has 0 aliphatic carbocycles. The van der Waals surface area contributed by atoms with E-state index in [1.54, 1.807) is 6.20 Å². The first kappa shape index (κ1) is 18.4. The van der Waals surface area contributed by atoms with Crippen LogP contribution in [0.2, 0.25) is 0 Å². The van der Waals surface area contributed by atoms with Crippen molar-refractivity contribution in [3.8, 4) is 0 Å². The van der Waals surface area contributed by atoms with Gasteiger partial charge in [0.2, 0.25) is 0 Å². The molecule has 3 heterocycles. The number of carbonyl (C=O) groups excluding carboxylic acids is 1. The number of pyridine rings is 1. The Labute approximate surface area is 170 Å². The van der Waals surface area contributed by atoms with Gasteiger partial charge < -0.3 is 4.98 Å². The number of carbonyl (C=O) groups is 1. The van der Waals surface area contributed by atoms with Crippen molar-refractivity contribution in [2.45, 2.75) is 19.6 Å². The lowest BCUT2D eigenvalue weighted by atomic mass is 10.0. The first-order valence-electron chi connectivity index (χ1n) is 9.51. The zero-order valence-corrected chi connectivity index (χ0v) is 15.9. The van der Waals surface area contributed by atoms with Crippen LogP contribution in [0.3, 0.4) is 0 Å². The molecule has 1 aliphatic heterocycles. The minimum absolute atomic E-state index is 0.133. The maximum absolute atomic E-state index is 14.2. The first-order chi connectivity index (χ1) is 14.6. The van der Waals surface area contributed by atoms with Crippen molar-refractivity contribution in [3.05, 3.63) is 101 Å². The Kier molecular flexibility index (Phi) is 4.52. The molecule has 0 bridgehead atoms. The number of hydrogen-bond acceptors (Lipinski definition) is 3. The summed E-state index contributed by atoms with van der Waals surface area (Å²) in [7, 11) is 0. The summed E-state index contributed by atoms with van der Waals surface area (Å²) in [5.74, 6) is -1.61. The predicted octanol–water partition coefficient (Wildman–Crippen LogP) is 4.52. The SMILES string of the molecule is O=C1c2nc(Cc3ccc(F)cc3F)c3[nH]ccc3c2CN1OCc1ccccc1. The van der Waals surface area contributed by atoms with E-state index in [0.717, 1.165) is 28.1 Å². The maximum Gasteiger partial charge on any atom is 0.296 e. The third-order valence-electron chi connectivity index (χ3n) is 5.23. The fraction of sp³-hybridized carbons (Fsp3) is 0.130. The van der Waals surface area contributed by atoms with Gasteiger partial charge in [-0.15, -0.1) is 0 Å². The highest BCUT2D eigenvalue weighted by atomic mass is 19.1. The highest BCUT2D eigenvalue weighted by Gasteiger charge is 2.33. The van der Waals surface area contributed by atoms with Crippen molar-refractivity contribution < 1.29 is 18.4 Å². The molecule has 5 rings (SSSR count). The molecule has 4 aromatic rings. The second-order valence-electron chi connectivity index (χ2n) is 7.17. The predicted molar refractivity (Wildman–Crippen MR) is 106 cm³/mol. The van der Waals surface area contributed by atoms with Gasteiger partial charge in [0, 0.05) is 29.6 Å². The van der Waals surface area contributed by atoms with E-state index in [-0.39, 0.29) is 25.5 Å². The molecule has 0 radical (unpaired) electrons. The first-order valence-corrected chi connectivity index (χ1v) is 9.51. The molecule has 1 amide bonds. The number of hydroxylamine groups is 2. The summed E-state index contributed by atoms with van der Waals surface area (Å²) in [5, 5.41) is 2.15. The van der Waals surface area contributed by atoms with Crippen LogP contribution < -0.4 is 0 Å². The molecule has 0 saturated carbocycles. The fourth-order valence-electron chi connectivity index (χ4n) is 3.72. The van der Waals surface area contributed by atoms with Gasteiger partial charge in [-0.3, -0.25) is 9.63 Å². The number of halogens is 2. The van der Waals surface area contributed by atoms with Crippen LogP contribution in [-0.2, 0) is 24.4 Å². The highest BCUT2D eigenvalue weighted by Crippen LogP contribution is 2.31. The van der Waals surface area contributed by atoms with Crippen LogP contribution in [0.15, 0.2) is 60.8 Å². The minimum atomic E-state index is -0.642. The number of fused-ring (bicyclic) bond motifs is 3. The number of H-pyrrole nitrogens is 1. The number of aromatic nitrogens is 2. The Morgan fingerprint density at radius 2 is 1.93 bits per heavy atom. The monoisotopic (exact) mass is 405 g/mol. The van der Waals surface area contributed by atoms with Crippen molar-refractivity contribution >= 4 is 16.8 Å². The van der Waals surface area contributed by atoms with E-state index in [4.69, 9.17) is 4.84 Å². The van der Waals surface area contributed by atoms with Crippen molar-refractivity contribution in [2.75, 3.05) is 0 Å². The maximum atomic E-state index is 14.2. The summed E-state index contributed by atoms with van der Waals surface area (Å²) in [6, 6.07) is 14.9. The van der Waals surface area contributed by atoms with Gasteiger partial charge in [0.25, 0.3) is 5.91 Å². The molecule has 0 spiro atoms. The Morgan fingerprint density at radius 3 is 2.73 bits per heavy atom. The smallest absolute Gasteiger partial charge is 0.296 e. The van der Waals surface area contributed by atoms with Crippen LogP contribution in [0.4, 0.5) is 8.78 Å². The van der Waals surface area contributed by atoms with E-state index in [0.29, 0.717) is 17.0 Å². The fourth-order valence-corrected chi connectivity index (χ4v) is 3.72. The molecular formula is C23H17F2N3O2. The van der Waals surface area contributed by atoms with E-state index in [2.05, 4.69) is 9.97 Å². The third-order valence-corrected chi connectivity index (χ3v) is 5.23. The molecule has 5 nitrogen and oxygen atoms in total. The molecule has 1 N–H and O–H groups in total. The Morgan fingerprint density at radius 1 is 1.10 bits per heavy atom. The molecule has 2 aromatic carbocycles. The molecule has 0 saturated heterocycles. The topological polar surface area (TPSA) is 58.2 Å². The van der Waals surface area contributed by atoms with E-state index >= 15 is 0 Å². The van der Waals surface area contributed by atoms with Gasteiger partial charge in [-0.2, -0.15) is 0 Å². The highest BCUT2D eigenvalue weighted by molar-refractivity contribution is 6.02. The van der Waals surface area contributed by atoms with Crippen LogP contribution in [0.25, 0.3) is 10.9 Å². The van der Waals surface area contributed by atoms with Gasteiger partial charge in [-0.1, -0.05) is 36.4 Å². The van der Waals surface area contributed by atoms with Crippen molar-refractivity contribution in [1.29, 1.82) is 0 Å². The number of benzene rings is 2. The Hall–Kier alpha value is -3.58. The Balaban J connectivity index is 1.46. The van der Waals surface area contributed by atoms with Gasteiger partial charge in [-0.05, 0) is 23.3 Å². The van der Waals surface area contributed by atoms with Gasteiger partial charge in [0.05, 0.1) is 17.8 Å². The van der Waals surface area contributed by atoms with Gasteiger partial charge in [-0.25, -0.2) is 18.8 Å².